The van der Waals surface area contributed by atoms with E-state index in [2.05, 4.69) is 4.74 Å². The van der Waals surface area contributed by atoms with Crippen molar-refractivity contribution >= 4 is 5.97 Å². The van der Waals surface area contributed by atoms with Gasteiger partial charge in [0.15, 0.2) is 11.6 Å². The summed E-state index contributed by atoms with van der Waals surface area (Å²) in [4.78, 5) is 11.1. The Hall–Kier alpha value is -1.62. The third-order valence-corrected chi connectivity index (χ3v) is 2.15. The fourth-order valence-corrected chi connectivity index (χ4v) is 1.32. The zero-order chi connectivity index (χ0) is 11.6. The first-order valence-electron chi connectivity index (χ1n) is 4.30. The molecule has 1 aromatic carbocycles. The highest BCUT2D eigenvalue weighted by atomic mass is 19.1. The number of phenols is 1. The van der Waals surface area contributed by atoms with Crippen LogP contribution in [0.5, 0.6) is 5.75 Å². The fourth-order valence-electron chi connectivity index (χ4n) is 1.32. The molecule has 0 aliphatic carbocycles. The van der Waals surface area contributed by atoms with Gasteiger partial charge in [0.05, 0.1) is 7.11 Å². The molecule has 0 aromatic heterocycles. The largest absolute Gasteiger partial charge is 0.505 e. The predicted octanol–water partition coefficient (Wildman–Crippen LogP) is 1.01. The Morgan fingerprint density at radius 1 is 1.60 bits per heavy atom. The smallest absolute Gasteiger partial charge is 0.327 e. The van der Waals surface area contributed by atoms with Crippen LogP contribution in [-0.4, -0.2) is 18.2 Å². The first kappa shape index (κ1) is 11.5. The van der Waals surface area contributed by atoms with Crippen molar-refractivity contribution < 1.29 is 19.0 Å². The minimum absolute atomic E-state index is 0.0573. The van der Waals surface area contributed by atoms with Gasteiger partial charge in [0, 0.05) is 5.56 Å². The van der Waals surface area contributed by atoms with Crippen LogP contribution in [0.4, 0.5) is 4.39 Å². The average Bonchev–Trinajstić information content (AvgIpc) is 2.22. The number of benzene rings is 1. The maximum absolute atomic E-state index is 13.0. The van der Waals surface area contributed by atoms with Gasteiger partial charge < -0.3 is 15.6 Å². The lowest BCUT2D eigenvalue weighted by Crippen LogP contribution is -2.23. The Labute approximate surface area is 86.5 Å². The molecule has 82 valence electrons. The van der Waals surface area contributed by atoms with E-state index in [1.165, 1.54) is 13.2 Å². The molecule has 0 bridgehead atoms. The summed E-state index contributed by atoms with van der Waals surface area (Å²) >= 11 is 0. The molecule has 1 atom stereocenters. The van der Waals surface area contributed by atoms with Crippen LogP contribution in [0, 0.1) is 12.7 Å². The van der Waals surface area contributed by atoms with Crippen LogP contribution in [0.1, 0.15) is 17.2 Å². The standard InChI is InChI=1S/C10H12FNO3/c1-5-3-4-6(11)9(13)7(5)8(12)10(14)15-2/h3-4,8,13H,12H2,1-2H3/t8-/m1/s1. The number of rotatable bonds is 2. The van der Waals surface area contributed by atoms with Gasteiger partial charge in [-0.05, 0) is 18.6 Å². The van der Waals surface area contributed by atoms with Crippen LogP contribution in [0.15, 0.2) is 12.1 Å². The van der Waals surface area contributed by atoms with E-state index in [1.807, 2.05) is 0 Å². The molecular formula is C10H12FNO3. The Kier molecular flexibility index (Phi) is 3.26. The van der Waals surface area contributed by atoms with E-state index >= 15 is 0 Å². The third kappa shape index (κ3) is 2.07. The normalized spacial score (nSPS) is 12.3. The number of halogens is 1. The lowest BCUT2D eigenvalue weighted by molar-refractivity contribution is -0.142. The maximum Gasteiger partial charge on any atom is 0.327 e. The van der Waals surface area contributed by atoms with Gasteiger partial charge in [0.2, 0.25) is 0 Å². The molecule has 5 heteroatoms. The number of ether oxygens (including phenoxy) is 1. The first-order valence-corrected chi connectivity index (χ1v) is 4.30. The molecule has 3 N–H and O–H groups in total. The number of hydrogen-bond donors (Lipinski definition) is 2. The van der Waals surface area contributed by atoms with Crippen molar-refractivity contribution in [3.8, 4) is 5.75 Å². The van der Waals surface area contributed by atoms with E-state index in [0.717, 1.165) is 6.07 Å². The Bertz CT molecular complexity index is 392. The van der Waals surface area contributed by atoms with Gasteiger partial charge >= 0.3 is 5.97 Å². The fraction of sp³-hybridized carbons (Fsp3) is 0.300. The number of aryl methyl sites for hydroxylation is 1. The number of phenolic OH excluding ortho intramolecular Hbond substituents is 1. The Balaban J connectivity index is 3.24. The molecular weight excluding hydrogens is 201 g/mol. The van der Waals surface area contributed by atoms with Crippen LogP contribution in [-0.2, 0) is 9.53 Å². The molecule has 1 rings (SSSR count). The second kappa shape index (κ2) is 4.27. The second-order valence-electron chi connectivity index (χ2n) is 3.13. The zero-order valence-electron chi connectivity index (χ0n) is 8.45. The molecule has 0 radical (unpaired) electrons. The van der Waals surface area contributed by atoms with Crippen molar-refractivity contribution in [1.82, 2.24) is 0 Å². The summed E-state index contributed by atoms with van der Waals surface area (Å²) in [5, 5.41) is 9.43. The van der Waals surface area contributed by atoms with Gasteiger partial charge in [-0.15, -0.1) is 0 Å². The third-order valence-electron chi connectivity index (χ3n) is 2.15. The first-order chi connectivity index (χ1) is 6.99. The highest BCUT2D eigenvalue weighted by Crippen LogP contribution is 2.29. The number of carbonyl (C=O) groups excluding carboxylic acids is 1. The lowest BCUT2D eigenvalue weighted by atomic mass is 10.0. The molecule has 0 amide bonds. The van der Waals surface area contributed by atoms with Crippen molar-refractivity contribution in [3.05, 3.63) is 29.1 Å². The average molecular weight is 213 g/mol. The summed E-state index contributed by atoms with van der Waals surface area (Å²) in [5.74, 6) is -2.14. The Morgan fingerprint density at radius 2 is 2.20 bits per heavy atom. The summed E-state index contributed by atoms with van der Waals surface area (Å²) < 4.78 is 17.4. The molecule has 0 saturated heterocycles. The SMILES string of the molecule is COC(=O)[C@H](N)c1c(C)ccc(F)c1O. The number of aromatic hydroxyl groups is 1. The summed E-state index contributed by atoms with van der Waals surface area (Å²) in [6, 6.07) is 1.37. The van der Waals surface area contributed by atoms with E-state index in [0.29, 0.717) is 5.56 Å². The number of hydrogen-bond acceptors (Lipinski definition) is 4. The van der Waals surface area contributed by atoms with E-state index < -0.39 is 23.6 Å². The molecule has 0 aliphatic rings. The van der Waals surface area contributed by atoms with Gasteiger partial charge in [0.1, 0.15) is 6.04 Å². The van der Waals surface area contributed by atoms with Crippen LogP contribution >= 0.6 is 0 Å². The molecule has 15 heavy (non-hydrogen) atoms. The predicted molar refractivity (Wildman–Crippen MR) is 51.7 cm³/mol. The molecule has 0 unspecified atom stereocenters. The van der Waals surface area contributed by atoms with Crippen molar-refractivity contribution in [2.24, 2.45) is 5.73 Å². The van der Waals surface area contributed by atoms with Gasteiger partial charge in [-0.3, -0.25) is 4.79 Å². The number of carbonyl (C=O) groups is 1. The summed E-state index contributed by atoms with van der Waals surface area (Å²) in [6.45, 7) is 1.62. The van der Waals surface area contributed by atoms with Gasteiger partial charge in [0.25, 0.3) is 0 Å². The molecule has 4 nitrogen and oxygen atoms in total. The second-order valence-corrected chi connectivity index (χ2v) is 3.13. The zero-order valence-corrected chi connectivity index (χ0v) is 8.45. The quantitative estimate of drug-likeness (QED) is 0.719. The lowest BCUT2D eigenvalue weighted by Gasteiger charge is -2.14. The summed E-state index contributed by atoms with van der Waals surface area (Å²) in [6.07, 6.45) is 0. The van der Waals surface area contributed by atoms with E-state index in [1.54, 1.807) is 6.92 Å². The monoisotopic (exact) mass is 213 g/mol. The minimum Gasteiger partial charge on any atom is -0.505 e. The van der Waals surface area contributed by atoms with Crippen LogP contribution in [0.2, 0.25) is 0 Å². The van der Waals surface area contributed by atoms with Crippen LogP contribution in [0.3, 0.4) is 0 Å². The number of esters is 1. The Morgan fingerprint density at radius 3 is 2.73 bits per heavy atom. The summed E-state index contributed by atoms with van der Waals surface area (Å²) in [7, 11) is 1.17. The van der Waals surface area contributed by atoms with Gasteiger partial charge in [-0.1, -0.05) is 6.07 Å². The van der Waals surface area contributed by atoms with Crippen LogP contribution < -0.4 is 5.73 Å². The molecule has 1 aromatic rings. The highest BCUT2D eigenvalue weighted by molar-refractivity contribution is 5.78. The summed E-state index contributed by atoms with van der Waals surface area (Å²) in [5.41, 5.74) is 6.11. The van der Waals surface area contributed by atoms with E-state index in [9.17, 15) is 14.3 Å². The minimum atomic E-state index is -1.18. The van der Waals surface area contributed by atoms with Crippen molar-refractivity contribution in [1.29, 1.82) is 0 Å². The van der Waals surface area contributed by atoms with Gasteiger partial charge in [-0.25, -0.2) is 4.39 Å². The van der Waals surface area contributed by atoms with Crippen molar-refractivity contribution in [2.45, 2.75) is 13.0 Å². The maximum atomic E-state index is 13.0. The molecule has 0 heterocycles. The molecule has 0 saturated carbocycles. The molecule has 0 fully saturated rings. The molecule has 0 spiro atoms. The van der Waals surface area contributed by atoms with Crippen molar-refractivity contribution in [3.63, 3.8) is 0 Å². The van der Waals surface area contributed by atoms with Crippen LogP contribution in [0.25, 0.3) is 0 Å². The highest BCUT2D eigenvalue weighted by Gasteiger charge is 2.23. The van der Waals surface area contributed by atoms with E-state index in [4.69, 9.17) is 5.73 Å². The van der Waals surface area contributed by atoms with Gasteiger partial charge in [-0.2, -0.15) is 0 Å². The van der Waals surface area contributed by atoms with E-state index in [-0.39, 0.29) is 5.56 Å². The molecule has 0 aliphatic heterocycles. The topological polar surface area (TPSA) is 72.5 Å². The van der Waals surface area contributed by atoms with Crippen molar-refractivity contribution in [2.75, 3.05) is 7.11 Å². The number of methoxy groups -OCH3 is 1. The number of nitrogens with two attached hydrogens (primary N) is 1.